The van der Waals surface area contributed by atoms with E-state index in [0.717, 1.165) is 11.3 Å². The van der Waals surface area contributed by atoms with Gasteiger partial charge < -0.3 is 19.8 Å². The van der Waals surface area contributed by atoms with E-state index in [1.165, 1.54) is 17.4 Å². The summed E-state index contributed by atoms with van der Waals surface area (Å²) < 4.78 is 4.86. The molecular formula is C10H14N2O5S. The molecule has 0 aromatic carbocycles. The third kappa shape index (κ3) is 3.76. The van der Waals surface area contributed by atoms with Crippen LogP contribution < -0.4 is 0 Å². The summed E-state index contributed by atoms with van der Waals surface area (Å²) >= 11 is 0.893. The molecule has 8 heteroatoms. The van der Waals surface area contributed by atoms with Crippen LogP contribution in [0.15, 0.2) is 5.38 Å². The smallest absolute Gasteiger partial charge is 0.365 e. The van der Waals surface area contributed by atoms with Gasteiger partial charge in [-0.15, -0.1) is 11.3 Å². The number of aliphatic hydroxyl groups is 1. The number of thiazole rings is 1. The van der Waals surface area contributed by atoms with Crippen molar-refractivity contribution in [2.24, 2.45) is 0 Å². The molecular weight excluding hydrogens is 260 g/mol. The van der Waals surface area contributed by atoms with Gasteiger partial charge in [0.1, 0.15) is 5.69 Å². The Morgan fingerprint density at radius 2 is 2.22 bits per heavy atom. The van der Waals surface area contributed by atoms with E-state index in [4.69, 9.17) is 14.9 Å². The lowest BCUT2D eigenvalue weighted by Crippen LogP contribution is -2.36. The minimum atomic E-state index is -1.16. The summed E-state index contributed by atoms with van der Waals surface area (Å²) in [6.07, 6.45) is 0. The van der Waals surface area contributed by atoms with Gasteiger partial charge in [0.2, 0.25) is 5.01 Å². The zero-order chi connectivity index (χ0) is 13.5. The first kappa shape index (κ1) is 14.6. The lowest BCUT2D eigenvalue weighted by molar-refractivity contribution is 0.0651. The summed E-state index contributed by atoms with van der Waals surface area (Å²) in [5.74, 6) is -1.57. The number of rotatable bonds is 7. The Morgan fingerprint density at radius 1 is 1.50 bits per heavy atom. The Labute approximate surface area is 108 Å². The molecule has 18 heavy (non-hydrogen) atoms. The van der Waals surface area contributed by atoms with Crippen molar-refractivity contribution >= 4 is 23.2 Å². The zero-order valence-corrected chi connectivity index (χ0v) is 10.6. The molecule has 0 unspecified atom stereocenters. The van der Waals surface area contributed by atoms with Crippen molar-refractivity contribution < 1.29 is 24.5 Å². The predicted molar refractivity (Wildman–Crippen MR) is 63.9 cm³/mol. The van der Waals surface area contributed by atoms with Gasteiger partial charge in [0.25, 0.3) is 5.91 Å². The molecule has 0 fully saturated rings. The fourth-order valence-corrected chi connectivity index (χ4v) is 1.90. The van der Waals surface area contributed by atoms with Crippen LogP contribution in [0.1, 0.15) is 20.3 Å². The normalized spacial score (nSPS) is 10.3. The third-order valence-corrected chi connectivity index (χ3v) is 2.96. The molecule has 0 saturated carbocycles. The SMILES string of the molecule is COCCN(CCO)C(=O)c1csc(C(=O)O)n1. The third-order valence-electron chi connectivity index (χ3n) is 2.13. The van der Waals surface area contributed by atoms with Crippen LogP contribution in [-0.2, 0) is 4.74 Å². The molecule has 1 amide bonds. The van der Waals surface area contributed by atoms with Crippen molar-refractivity contribution in [1.29, 1.82) is 0 Å². The van der Waals surface area contributed by atoms with Gasteiger partial charge in [0, 0.05) is 25.6 Å². The van der Waals surface area contributed by atoms with E-state index in [0.29, 0.717) is 13.2 Å². The lowest BCUT2D eigenvalue weighted by Gasteiger charge is -2.20. The van der Waals surface area contributed by atoms with Crippen molar-refractivity contribution in [3.05, 3.63) is 16.1 Å². The van der Waals surface area contributed by atoms with E-state index >= 15 is 0 Å². The summed E-state index contributed by atoms with van der Waals surface area (Å²) in [7, 11) is 1.51. The number of ether oxygens (including phenoxy) is 1. The maximum absolute atomic E-state index is 12.0. The number of aromatic nitrogens is 1. The summed E-state index contributed by atoms with van der Waals surface area (Å²) in [5, 5.41) is 18.9. The fraction of sp³-hybridized carbons (Fsp3) is 0.500. The van der Waals surface area contributed by atoms with Gasteiger partial charge >= 0.3 is 5.97 Å². The maximum atomic E-state index is 12.0. The topological polar surface area (TPSA) is 100.0 Å². The molecule has 0 aliphatic carbocycles. The van der Waals surface area contributed by atoms with Gasteiger partial charge in [-0.3, -0.25) is 4.79 Å². The molecule has 1 aromatic heterocycles. The van der Waals surface area contributed by atoms with Crippen molar-refractivity contribution in [3.8, 4) is 0 Å². The van der Waals surface area contributed by atoms with Gasteiger partial charge in [-0.2, -0.15) is 0 Å². The van der Waals surface area contributed by atoms with Crippen LogP contribution in [0.3, 0.4) is 0 Å². The summed E-state index contributed by atoms with van der Waals surface area (Å²) in [4.78, 5) is 27.7. The van der Waals surface area contributed by atoms with Crippen LogP contribution in [-0.4, -0.2) is 65.4 Å². The number of hydrogen-bond donors (Lipinski definition) is 2. The number of aromatic carboxylic acids is 1. The Kier molecular flexibility index (Phi) is 5.69. The van der Waals surface area contributed by atoms with Gasteiger partial charge in [-0.05, 0) is 0 Å². The van der Waals surface area contributed by atoms with Crippen LogP contribution in [0.25, 0.3) is 0 Å². The van der Waals surface area contributed by atoms with E-state index in [1.807, 2.05) is 0 Å². The van der Waals surface area contributed by atoms with Crippen molar-refractivity contribution in [2.75, 3.05) is 33.4 Å². The standard InChI is InChI=1S/C10H14N2O5S/c1-17-5-3-12(2-4-13)9(14)7-6-18-8(11-7)10(15)16/h6,13H,2-5H2,1H3,(H,15,16). The molecule has 0 radical (unpaired) electrons. The highest BCUT2D eigenvalue weighted by Crippen LogP contribution is 2.11. The van der Waals surface area contributed by atoms with Gasteiger partial charge in [0.05, 0.1) is 13.2 Å². The second-order valence-corrected chi connectivity index (χ2v) is 4.21. The molecule has 0 aliphatic heterocycles. The van der Waals surface area contributed by atoms with Gasteiger partial charge in [0.15, 0.2) is 0 Å². The second kappa shape index (κ2) is 7.04. The minimum Gasteiger partial charge on any atom is -0.476 e. The van der Waals surface area contributed by atoms with Crippen LogP contribution in [0.2, 0.25) is 0 Å². The van der Waals surface area contributed by atoms with Crippen LogP contribution >= 0.6 is 11.3 Å². The molecule has 0 saturated heterocycles. The molecule has 0 spiro atoms. The van der Waals surface area contributed by atoms with E-state index in [9.17, 15) is 9.59 Å². The number of hydrogen-bond acceptors (Lipinski definition) is 6. The van der Waals surface area contributed by atoms with Crippen molar-refractivity contribution in [2.45, 2.75) is 0 Å². The number of amides is 1. The number of carboxylic acid groups (broad SMARTS) is 1. The largest absolute Gasteiger partial charge is 0.476 e. The average Bonchev–Trinajstić information content (AvgIpc) is 2.83. The number of nitrogens with zero attached hydrogens (tertiary/aromatic N) is 2. The second-order valence-electron chi connectivity index (χ2n) is 3.35. The van der Waals surface area contributed by atoms with E-state index in [1.54, 1.807) is 0 Å². The quantitative estimate of drug-likeness (QED) is 0.721. The van der Waals surface area contributed by atoms with E-state index in [-0.39, 0.29) is 23.9 Å². The molecule has 1 aromatic rings. The van der Waals surface area contributed by atoms with Crippen LogP contribution in [0.5, 0.6) is 0 Å². The lowest BCUT2D eigenvalue weighted by atomic mass is 10.3. The highest BCUT2D eigenvalue weighted by molar-refractivity contribution is 7.11. The maximum Gasteiger partial charge on any atom is 0.365 e. The predicted octanol–water partition coefficient (Wildman–Crippen LogP) is -0.0778. The average molecular weight is 274 g/mol. The van der Waals surface area contributed by atoms with Gasteiger partial charge in [-0.1, -0.05) is 0 Å². The number of methoxy groups -OCH3 is 1. The fourth-order valence-electron chi connectivity index (χ4n) is 1.27. The highest BCUT2D eigenvalue weighted by Gasteiger charge is 2.19. The Hall–Kier alpha value is -1.51. The van der Waals surface area contributed by atoms with Crippen molar-refractivity contribution in [1.82, 2.24) is 9.88 Å². The number of carbonyl (C=O) groups is 2. The van der Waals surface area contributed by atoms with E-state index in [2.05, 4.69) is 4.98 Å². The Morgan fingerprint density at radius 3 is 2.72 bits per heavy atom. The van der Waals surface area contributed by atoms with E-state index < -0.39 is 11.9 Å². The Bertz CT molecular complexity index is 420. The summed E-state index contributed by atoms with van der Waals surface area (Å²) in [6.45, 7) is 0.630. The molecule has 2 N–H and O–H groups in total. The van der Waals surface area contributed by atoms with Crippen molar-refractivity contribution in [3.63, 3.8) is 0 Å². The number of carboxylic acids is 1. The molecule has 7 nitrogen and oxygen atoms in total. The minimum absolute atomic E-state index is 0.0713. The zero-order valence-electron chi connectivity index (χ0n) is 9.83. The van der Waals surface area contributed by atoms with Crippen LogP contribution in [0.4, 0.5) is 0 Å². The number of aliphatic hydroxyl groups excluding tert-OH is 1. The number of carbonyl (C=O) groups excluding carboxylic acids is 1. The Balaban J connectivity index is 2.77. The highest BCUT2D eigenvalue weighted by atomic mass is 32.1. The first-order valence-electron chi connectivity index (χ1n) is 5.18. The molecule has 100 valence electrons. The molecule has 0 bridgehead atoms. The van der Waals surface area contributed by atoms with Gasteiger partial charge in [-0.25, -0.2) is 9.78 Å². The monoisotopic (exact) mass is 274 g/mol. The molecule has 0 atom stereocenters. The first-order chi connectivity index (χ1) is 8.60. The molecule has 1 rings (SSSR count). The molecule has 1 heterocycles. The van der Waals surface area contributed by atoms with Crippen LogP contribution in [0, 0.1) is 0 Å². The summed E-state index contributed by atoms with van der Waals surface area (Å²) in [5.41, 5.74) is 0.0713. The summed E-state index contributed by atoms with van der Waals surface area (Å²) in [6, 6.07) is 0. The first-order valence-corrected chi connectivity index (χ1v) is 6.06. The molecule has 0 aliphatic rings.